The van der Waals surface area contributed by atoms with E-state index in [9.17, 15) is 9.90 Å². The van der Waals surface area contributed by atoms with Crippen molar-refractivity contribution in [2.24, 2.45) is 34.5 Å². The molecule has 0 aliphatic heterocycles. The summed E-state index contributed by atoms with van der Waals surface area (Å²) in [5.41, 5.74) is 0.629. The first kappa shape index (κ1) is 16.1. The van der Waals surface area contributed by atoms with E-state index in [1.807, 2.05) is 7.05 Å². The Morgan fingerprint density at radius 3 is 2.61 bits per heavy atom. The molecule has 4 rings (SSSR count). The summed E-state index contributed by atoms with van der Waals surface area (Å²) in [6.45, 7) is 4.91. The van der Waals surface area contributed by atoms with Gasteiger partial charge in [-0.15, -0.1) is 0 Å². The van der Waals surface area contributed by atoms with E-state index >= 15 is 0 Å². The van der Waals surface area contributed by atoms with Crippen molar-refractivity contribution in [3.8, 4) is 0 Å². The molecule has 0 radical (unpaired) electrons. The van der Waals surface area contributed by atoms with Crippen molar-refractivity contribution < 1.29 is 9.90 Å². The normalized spacial score (nSPS) is 55.9. The molecule has 3 heteroatoms. The van der Waals surface area contributed by atoms with Gasteiger partial charge >= 0.3 is 0 Å². The van der Waals surface area contributed by atoms with E-state index < -0.39 is 0 Å². The van der Waals surface area contributed by atoms with Crippen molar-refractivity contribution >= 4 is 5.78 Å². The number of Topliss-reactive ketones (excluding diaryl/α,β-unsaturated/α-hetero) is 1. The Hall–Kier alpha value is -0.410. The molecule has 0 aromatic heterocycles. The summed E-state index contributed by atoms with van der Waals surface area (Å²) in [5.74, 6) is 3.31. The van der Waals surface area contributed by atoms with Crippen molar-refractivity contribution in [1.29, 1.82) is 0 Å². The number of aliphatic hydroxyl groups excluding tert-OH is 1. The minimum atomic E-state index is -0.188. The predicted molar refractivity (Wildman–Crippen MR) is 91.0 cm³/mol. The molecule has 130 valence electrons. The number of rotatable bonds is 1. The van der Waals surface area contributed by atoms with Crippen molar-refractivity contribution in [2.45, 2.75) is 77.4 Å². The number of carbonyl (C=O) groups excluding carboxylic acids is 1. The lowest BCUT2D eigenvalue weighted by molar-refractivity contribution is -0.138. The highest BCUT2D eigenvalue weighted by Gasteiger charge is 2.61. The van der Waals surface area contributed by atoms with Crippen LogP contribution in [0.25, 0.3) is 0 Å². The van der Waals surface area contributed by atoms with Crippen LogP contribution in [0.4, 0.5) is 0 Å². The highest BCUT2D eigenvalue weighted by Crippen LogP contribution is 2.65. The summed E-state index contributed by atoms with van der Waals surface area (Å²) in [5, 5.41) is 14.0. The number of ketones is 1. The molecule has 4 saturated carbocycles. The van der Waals surface area contributed by atoms with Gasteiger partial charge in [0.25, 0.3) is 0 Å². The molecule has 0 aromatic rings. The molecule has 2 N–H and O–H groups in total. The van der Waals surface area contributed by atoms with Gasteiger partial charge in [-0.1, -0.05) is 13.8 Å². The third-order valence-electron chi connectivity index (χ3n) is 8.82. The third kappa shape index (κ3) is 2.12. The van der Waals surface area contributed by atoms with E-state index in [0.717, 1.165) is 37.5 Å². The molecule has 0 bridgehead atoms. The Kier molecular flexibility index (Phi) is 3.70. The van der Waals surface area contributed by atoms with Gasteiger partial charge in [0.15, 0.2) is 0 Å². The van der Waals surface area contributed by atoms with E-state index in [4.69, 9.17) is 0 Å². The Morgan fingerprint density at radius 1 is 1.09 bits per heavy atom. The fourth-order valence-electron chi connectivity index (χ4n) is 7.58. The maximum Gasteiger partial charge on any atom is 0.133 e. The van der Waals surface area contributed by atoms with Crippen LogP contribution in [0.2, 0.25) is 0 Å². The van der Waals surface area contributed by atoms with Gasteiger partial charge in [0.2, 0.25) is 0 Å². The summed E-state index contributed by atoms with van der Waals surface area (Å²) in [6, 6.07) is 0.256. The average molecular weight is 319 g/mol. The molecule has 0 aromatic carbocycles. The maximum atomic E-state index is 11.9. The summed E-state index contributed by atoms with van der Waals surface area (Å²) in [7, 11) is 2.01. The summed E-state index contributed by atoms with van der Waals surface area (Å²) in [6.07, 6.45) is 8.58. The number of hydrogen-bond acceptors (Lipinski definition) is 3. The monoisotopic (exact) mass is 319 g/mol. The number of likely N-dealkylation sites (N-methyl/N-ethyl adjacent to an activating group) is 1. The van der Waals surface area contributed by atoms with Gasteiger partial charge in [-0.2, -0.15) is 0 Å². The Labute approximate surface area is 140 Å². The molecule has 0 heterocycles. The first-order valence-electron chi connectivity index (χ1n) is 9.77. The van der Waals surface area contributed by atoms with Gasteiger partial charge in [-0.3, -0.25) is 4.79 Å². The molecule has 0 spiro atoms. The number of carbonyl (C=O) groups is 1. The van der Waals surface area contributed by atoms with Crippen molar-refractivity contribution in [2.75, 3.05) is 7.05 Å². The van der Waals surface area contributed by atoms with Crippen LogP contribution in [0.1, 0.15) is 65.2 Å². The van der Waals surface area contributed by atoms with Gasteiger partial charge in [-0.25, -0.2) is 0 Å². The summed E-state index contributed by atoms with van der Waals surface area (Å²) in [4.78, 5) is 11.9. The molecule has 4 fully saturated rings. The van der Waals surface area contributed by atoms with Gasteiger partial charge in [0.1, 0.15) is 5.78 Å². The molecule has 3 nitrogen and oxygen atoms in total. The van der Waals surface area contributed by atoms with E-state index in [2.05, 4.69) is 19.2 Å². The predicted octanol–water partition coefficient (Wildman–Crippen LogP) is 3.16. The number of nitrogens with one attached hydrogen (secondary N) is 1. The van der Waals surface area contributed by atoms with Crippen LogP contribution >= 0.6 is 0 Å². The molecule has 0 amide bonds. The molecular formula is C20H33NO2. The van der Waals surface area contributed by atoms with Gasteiger partial charge in [-0.05, 0) is 80.1 Å². The van der Waals surface area contributed by atoms with Gasteiger partial charge < -0.3 is 10.4 Å². The van der Waals surface area contributed by atoms with Crippen molar-refractivity contribution in [3.63, 3.8) is 0 Å². The molecule has 8 atom stereocenters. The highest BCUT2D eigenvalue weighted by molar-refractivity contribution is 5.79. The zero-order valence-electron chi connectivity index (χ0n) is 15.0. The SMILES string of the molecule is CNC1C(O)C[C@H]2[C@@H]3CCC4CC(=O)CC[C@]4(C)[C@@H]3CC[C@]12C. The molecule has 4 aliphatic rings. The zero-order valence-corrected chi connectivity index (χ0v) is 15.0. The smallest absolute Gasteiger partial charge is 0.133 e. The largest absolute Gasteiger partial charge is 0.391 e. The molecule has 23 heavy (non-hydrogen) atoms. The first-order chi connectivity index (χ1) is 10.9. The number of fused-ring (bicyclic) bond motifs is 5. The second-order valence-electron chi connectivity index (χ2n) is 9.51. The number of hydrogen-bond donors (Lipinski definition) is 2. The quantitative estimate of drug-likeness (QED) is 0.780. The van der Waals surface area contributed by atoms with Crippen LogP contribution in [0.15, 0.2) is 0 Å². The van der Waals surface area contributed by atoms with Gasteiger partial charge in [0, 0.05) is 18.9 Å². The first-order valence-corrected chi connectivity index (χ1v) is 9.77. The lowest BCUT2D eigenvalue weighted by Crippen LogP contribution is -2.55. The van der Waals surface area contributed by atoms with Crippen LogP contribution in [0.5, 0.6) is 0 Å². The maximum absolute atomic E-state index is 11.9. The van der Waals surface area contributed by atoms with Crippen molar-refractivity contribution in [1.82, 2.24) is 5.32 Å². The Bertz CT molecular complexity index is 506. The Morgan fingerprint density at radius 2 is 1.87 bits per heavy atom. The lowest BCUT2D eigenvalue weighted by Gasteiger charge is -2.60. The van der Waals surface area contributed by atoms with E-state index in [-0.39, 0.29) is 17.6 Å². The van der Waals surface area contributed by atoms with E-state index in [0.29, 0.717) is 23.0 Å². The van der Waals surface area contributed by atoms with Crippen LogP contribution in [-0.2, 0) is 4.79 Å². The third-order valence-corrected chi connectivity index (χ3v) is 8.82. The van der Waals surface area contributed by atoms with E-state index in [1.54, 1.807) is 0 Å². The molecule has 0 saturated heterocycles. The molecule has 4 aliphatic carbocycles. The summed E-state index contributed by atoms with van der Waals surface area (Å²) >= 11 is 0. The molecule has 3 unspecified atom stereocenters. The Balaban J connectivity index is 1.63. The van der Waals surface area contributed by atoms with Crippen LogP contribution in [-0.4, -0.2) is 30.1 Å². The van der Waals surface area contributed by atoms with Gasteiger partial charge in [0.05, 0.1) is 6.10 Å². The lowest BCUT2D eigenvalue weighted by atomic mass is 9.45. The number of aliphatic hydroxyl groups is 1. The minimum absolute atomic E-state index is 0.188. The van der Waals surface area contributed by atoms with Crippen LogP contribution in [0, 0.1) is 34.5 Å². The van der Waals surface area contributed by atoms with E-state index in [1.165, 1.54) is 25.7 Å². The zero-order chi connectivity index (χ0) is 16.4. The average Bonchev–Trinajstić information content (AvgIpc) is 2.77. The highest BCUT2D eigenvalue weighted by atomic mass is 16.3. The van der Waals surface area contributed by atoms with Crippen LogP contribution in [0.3, 0.4) is 0 Å². The topological polar surface area (TPSA) is 49.3 Å². The molecular weight excluding hydrogens is 286 g/mol. The standard InChI is InChI=1S/C20H33NO2/c1-19-8-6-13(22)10-12(19)4-5-14-15(19)7-9-20(2)16(14)11-17(23)18(20)21-3/h12,14-18,21,23H,4-11H2,1-3H3/t12?,14-,15-,16+,17?,18?,19+,20+/m1/s1. The summed E-state index contributed by atoms with van der Waals surface area (Å²) < 4.78 is 0. The van der Waals surface area contributed by atoms with Crippen LogP contribution < -0.4 is 5.32 Å². The van der Waals surface area contributed by atoms with Crippen molar-refractivity contribution in [3.05, 3.63) is 0 Å². The minimum Gasteiger partial charge on any atom is -0.391 e. The second-order valence-corrected chi connectivity index (χ2v) is 9.51. The second kappa shape index (κ2) is 5.29. The fourth-order valence-corrected chi connectivity index (χ4v) is 7.58. The fraction of sp³-hybridized carbons (Fsp3) is 0.950.